The molecule has 0 bridgehead atoms. The highest BCUT2D eigenvalue weighted by Gasteiger charge is 2.14. The van der Waals surface area contributed by atoms with Gasteiger partial charge in [-0.25, -0.2) is 13.2 Å². The number of ether oxygens (including phenoxy) is 1. The molecule has 2 aromatic carbocycles. The van der Waals surface area contributed by atoms with E-state index in [-0.39, 0.29) is 10.5 Å². The number of carbonyl (C=O) groups excluding carboxylic acids is 2. The number of anilines is 1. The van der Waals surface area contributed by atoms with Crippen LogP contribution in [0.5, 0.6) is 0 Å². The van der Waals surface area contributed by atoms with Crippen molar-refractivity contribution in [1.82, 2.24) is 0 Å². The molecule has 0 saturated carbocycles. The minimum Gasteiger partial charge on any atom is -0.452 e. The van der Waals surface area contributed by atoms with Crippen LogP contribution < -0.4 is 5.32 Å². The van der Waals surface area contributed by atoms with E-state index in [9.17, 15) is 18.0 Å². The Bertz CT molecular complexity index is 919. The standard InChI is InChI=1S/C18H19NO5S/c1-12-7-8-16(13(2)9-12)19-17(20)11-24-18(21)14-5-4-6-15(10-14)25(3,22)23/h4-10H,11H2,1-3H3,(H,19,20). The van der Waals surface area contributed by atoms with E-state index in [2.05, 4.69) is 5.32 Å². The molecule has 25 heavy (non-hydrogen) atoms. The fourth-order valence-corrected chi connectivity index (χ4v) is 2.88. The van der Waals surface area contributed by atoms with Crippen molar-refractivity contribution in [3.05, 3.63) is 59.2 Å². The number of rotatable bonds is 5. The highest BCUT2D eigenvalue weighted by molar-refractivity contribution is 7.90. The molecule has 132 valence electrons. The molecule has 1 N–H and O–H groups in total. The van der Waals surface area contributed by atoms with Gasteiger partial charge in [-0.2, -0.15) is 0 Å². The van der Waals surface area contributed by atoms with Crippen molar-refractivity contribution in [2.75, 3.05) is 18.2 Å². The van der Waals surface area contributed by atoms with Crippen molar-refractivity contribution in [2.24, 2.45) is 0 Å². The lowest BCUT2D eigenvalue weighted by Crippen LogP contribution is -2.21. The first-order valence-corrected chi connectivity index (χ1v) is 9.40. The molecular weight excluding hydrogens is 342 g/mol. The molecule has 7 heteroatoms. The summed E-state index contributed by atoms with van der Waals surface area (Å²) in [6.07, 6.45) is 1.05. The third-order valence-electron chi connectivity index (χ3n) is 3.49. The van der Waals surface area contributed by atoms with Gasteiger partial charge in [0, 0.05) is 11.9 Å². The molecule has 0 spiro atoms. The number of amides is 1. The van der Waals surface area contributed by atoms with Crippen molar-refractivity contribution >= 4 is 27.4 Å². The lowest BCUT2D eigenvalue weighted by molar-refractivity contribution is -0.119. The van der Waals surface area contributed by atoms with Crippen molar-refractivity contribution in [3.63, 3.8) is 0 Å². The summed E-state index contributed by atoms with van der Waals surface area (Å²) >= 11 is 0. The van der Waals surface area contributed by atoms with Crippen molar-refractivity contribution in [2.45, 2.75) is 18.7 Å². The molecule has 0 unspecified atom stereocenters. The highest BCUT2D eigenvalue weighted by Crippen LogP contribution is 2.16. The number of hydrogen-bond acceptors (Lipinski definition) is 5. The predicted molar refractivity (Wildman–Crippen MR) is 94.4 cm³/mol. The number of aryl methyl sites for hydroxylation is 2. The van der Waals surface area contributed by atoms with Crippen molar-refractivity contribution in [1.29, 1.82) is 0 Å². The monoisotopic (exact) mass is 361 g/mol. The zero-order valence-electron chi connectivity index (χ0n) is 14.2. The van der Waals surface area contributed by atoms with E-state index in [0.717, 1.165) is 17.4 Å². The first-order valence-electron chi connectivity index (χ1n) is 7.51. The third-order valence-corrected chi connectivity index (χ3v) is 4.60. The molecule has 0 aliphatic heterocycles. The molecule has 1 amide bonds. The van der Waals surface area contributed by atoms with Crippen LogP contribution in [-0.2, 0) is 19.4 Å². The summed E-state index contributed by atoms with van der Waals surface area (Å²) in [6, 6.07) is 11.1. The summed E-state index contributed by atoms with van der Waals surface area (Å²) in [4.78, 5) is 23.9. The average molecular weight is 361 g/mol. The summed E-state index contributed by atoms with van der Waals surface area (Å²) in [7, 11) is -3.43. The van der Waals surface area contributed by atoms with E-state index in [1.807, 2.05) is 26.0 Å². The maximum absolute atomic E-state index is 12.0. The van der Waals surface area contributed by atoms with Gasteiger partial charge in [0.25, 0.3) is 5.91 Å². The summed E-state index contributed by atoms with van der Waals surface area (Å²) in [5.41, 5.74) is 2.70. The van der Waals surface area contributed by atoms with Gasteiger partial charge in [0.15, 0.2) is 16.4 Å². The molecule has 2 aromatic rings. The van der Waals surface area contributed by atoms with E-state index in [0.29, 0.717) is 5.69 Å². The average Bonchev–Trinajstić information content (AvgIpc) is 2.54. The molecule has 0 aromatic heterocycles. The Hall–Kier alpha value is -2.67. The maximum Gasteiger partial charge on any atom is 0.338 e. The van der Waals surface area contributed by atoms with Gasteiger partial charge in [-0.1, -0.05) is 23.8 Å². The van der Waals surface area contributed by atoms with Gasteiger partial charge in [0.2, 0.25) is 0 Å². The zero-order chi connectivity index (χ0) is 18.6. The Morgan fingerprint density at radius 2 is 1.80 bits per heavy atom. The summed E-state index contributed by atoms with van der Waals surface area (Å²) in [5.74, 6) is -1.24. The van der Waals surface area contributed by atoms with Crippen LogP contribution in [0.3, 0.4) is 0 Å². The molecule has 0 aliphatic rings. The lowest BCUT2D eigenvalue weighted by Gasteiger charge is -2.10. The molecular formula is C18H19NO5S. The number of esters is 1. The van der Waals surface area contributed by atoms with Gasteiger partial charge < -0.3 is 10.1 Å². The molecule has 0 atom stereocenters. The van der Waals surface area contributed by atoms with E-state index < -0.39 is 28.3 Å². The van der Waals surface area contributed by atoms with Crippen LogP contribution in [0.25, 0.3) is 0 Å². The van der Waals surface area contributed by atoms with Crippen LogP contribution in [0.2, 0.25) is 0 Å². The Kier molecular flexibility index (Phi) is 5.58. The van der Waals surface area contributed by atoms with Crippen LogP contribution in [0.1, 0.15) is 21.5 Å². The molecule has 0 saturated heterocycles. The minimum atomic E-state index is -3.43. The summed E-state index contributed by atoms with van der Waals surface area (Å²) in [6.45, 7) is 3.35. The van der Waals surface area contributed by atoms with Crippen LogP contribution in [-0.4, -0.2) is 33.2 Å². The van der Waals surface area contributed by atoms with Gasteiger partial charge in [0.05, 0.1) is 10.5 Å². The Morgan fingerprint density at radius 1 is 1.08 bits per heavy atom. The first-order chi connectivity index (χ1) is 11.7. The Morgan fingerprint density at radius 3 is 2.44 bits per heavy atom. The molecule has 0 radical (unpaired) electrons. The number of benzene rings is 2. The maximum atomic E-state index is 12.0. The summed E-state index contributed by atoms with van der Waals surface area (Å²) < 4.78 is 28.0. The first kappa shape index (κ1) is 18.7. The van der Waals surface area contributed by atoms with E-state index >= 15 is 0 Å². The summed E-state index contributed by atoms with van der Waals surface area (Å²) in [5, 5.41) is 2.67. The third kappa shape index (κ3) is 5.15. The van der Waals surface area contributed by atoms with Gasteiger partial charge >= 0.3 is 5.97 Å². The molecule has 0 aliphatic carbocycles. The molecule has 0 fully saturated rings. The van der Waals surface area contributed by atoms with Gasteiger partial charge in [-0.3, -0.25) is 4.79 Å². The van der Waals surface area contributed by atoms with Crippen LogP contribution in [0.4, 0.5) is 5.69 Å². The minimum absolute atomic E-state index is 0.0154. The van der Waals surface area contributed by atoms with Crippen LogP contribution >= 0.6 is 0 Å². The van der Waals surface area contributed by atoms with Gasteiger partial charge in [0.1, 0.15) is 0 Å². The second kappa shape index (κ2) is 7.48. The van der Waals surface area contributed by atoms with Gasteiger partial charge in [-0.15, -0.1) is 0 Å². The van der Waals surface area contributed by atoms with Crippen LogP contribution in [0.15, 0.2) is 47.4 Å². The van der Waals surface area contributed by atoms with Crippen LogP contribution in [0, 0.1) is 13.8 Å². The fourth-order valence-electron chi connectivity index (χ4n) is 2.21. The number of carbonyl (C=O) groups is 2. The lowest BCUT2D eigenvalue weighted by atomic mass is 10.1. The largest absolute Gasteiger partial charge is 0.452 e. The topological polar surface area (TPSA) is 89.5 Å². The second-order valence-corrected chi connectivity index (χ2v) is 7.76. The van der Waals surface area contributed by atoms with Gasteiger partial charge in [-0.05, 0) is 43.7 Å². The van der Waals surface area contributed by atoms with Crippen molar-refractivity contribution in [3.8, 4) is 0 Å². The SMILES string of the molecule is Cc1ccc(NC(=O)COC(=O)c2cccc(S(C)(=O)=O)c2)c(C)c1. The van der Waals surface area contributed by atoms with E-state index in [1.54, 1.807) is 6.07 Å². The normalized spacial score (nSPS) is 11.0. The molecule has 6 nitrogen and oxygen atoms in total. The number of sulfone groups is 1. The van der Waals surface area contributed by atoms with E-state index in [4.69, 9.17) is 4.74 Å². The number of hydrogen-bond donors (Lipinski definition) is 1. The number of nitrogens with one attached hydrogen (secondary N) is 1. The smallest absolute Gasteiger partial charge is 0.338 e. The molecule has 2 rings (SSSR count). The van der Waals surface area contributed by atoms with Crippen molar-refractivity contribution < 1.29 is 22.7 Å². The van der Waals surface area contributed by atoms with E-state index in [1.165, 1.54) is 24.3 Å². The Balaban J connectivity index is 1.99. The highest BCUT2D eigenvalue weighted by atomic mass is 32.2. The fraction of sp³-hybridized carbons (Fsp3) is 0.222. The second-order valence-electron chi connectivity index (χ2n) is 5.74. The zero-order valence-corrected chi connectivity index (χ0v) is 15.0. The molecule has 0 heterocycles. The predicted octanol–water partition coefficient (Wildman–Crippen LogP) is 2.50. The Labute approximate surface area is 146 Å². The quantitative estimate of drug-likeness (QED) is 0.827.